The summed E-state index contributed by atoms with van der Waals surface area (Å²) in [6, 6.07) is 8.13. The molecule has 0 saturated carbocycles. The molecule has 1 aliphatic heterocycles. The summed E-state index contributed by atoms with van der Waals surface area (Å²) in [7, 11) is -3.18. The SMILES string of the molecule is Cc1ccc(CCNS(=O)(=O)N2CC2)cc1. The fourth-order valence-electron chi connectivity index (χ4n) is 1.45. The standard InChI is InChI=1S/C11H16N2O2S/c1-10-2-4-11(5-3-10)6-7-12-16(14,15)13-8-9-13/h2-5,12H,6-9H2,1H3. The molecular formula is C11H16N2O2S. The van der Waals surface area contributed by atoms with Crippen LogP contribution in [0, 0.1) is 6.92 Å². The highest BCUT2D eigenvalue weighted by Crippen LogP contribution is 2.09. The predicted molar refractivity (Wildman–Crippen MR) is 63.4 cm³/mol. The van der Waals surface area contributed by atoms with Crippen LogP contribution in [0.2, 0.25) is 0 Å². The van der Waals surface area contributed by atoms with Crippen molar-refractivity contribution in [1.29, 1.82) is 0 Å². The van der Waals surface area contributed by atoms with Crippen LogP contribution in [0.25, 0.3) is 0 Å². The van der Waals surface area contributed by atoms with E-state index < -0.39 is 10.2 Å². The number of hydrogen-bond donors (Lipinski definition) is 1. The molecule has 2 rings (SSSR count). The Morgan fingerprint density at radius 2 is 1.88 bits per heavy atom. The largest absolute Gasteiger partial charge is 0.279 e. The Bertz CT molecular complexity index is 449. The third kappa shape index (κ3) is 3.04. The minimum absolute atomic E-state index is 0.460. The van der Waals surface area contributed by atoms with Gasteiger partial charge in [-0.3, -0.25) is 0 Å². The van der Waals surface area contributed by atoms with Gasteiger partial charge in [-0.25, -0.2) is 4.72 Å². The summed E-state index contributed by atoms with van der Waals surface area (Å²) in [6.07, 6.45) is 0.730. The average molecular weight is 240 g/mol. The molecule has 0 spiro atoms. The lowest BCUT2D eigenvalue weighted by Gasteiger charge is -2.06. The Morgan fingerprint density at radius 3 is 2.44 bits per heavy atom. The van der Waals surface area contributed by atoms with Gasteiger partial charge in [0.1, 0.15) is 0 Å². The van der Waals surface area contributed by atoms with E-state index in [0.717, 1.165) is 12.0 Å². The molecule has 0 radical (unpaired) electrons. The predicted octanol–water partition coefficient (Wildman–Crippen LogP) is 0.688. The number of nitrogens with zero attached hydrogens (tertiary/aromatic N) is 1. The fraction of sp³-hybridized carbons (Fsp3) is 0.455. The number of aryl methyl sites for hydroxylation is 1. The maximum Gasteiger partial charge on any atom is 0.279 e. The molecule has 1 aliphatic rings. The Morgan fingerprint density at radius 1 is 1.25 bits per heavy atom. The number of hydrogen-bond acceptors (Lipinski definition) is 2. The van der Waals surface area contributed by atoms with Crippen LogP contribution in [0.5, 0.6) is 0 Å². The lowest BCUT2D eigenvalue weighted by molar-refractivity contribution is 0.547. The number of rotatable bonds is 5. The maximum absolute atomic E-state index is 11.5. The highest BCUT2D eigenvalue weighted by Gasteiger charge is 2.30. The molecule has 0 atom stereocenters. The fourth-order valence-corrected chi connectivity index (χ4v) is 2.56. The molecule has 1 N–H and O–H groups in total. The summed E-state index contributed by atoms with van der Waals surface area (Å²) in [4.78, 5) is 0. The smallest absolute Gasteiger partial charge is 0.202 e. The van der Waals surface area contributed by atoms with E-state index in [1.54, 1.807) is 0 Å². The summed E-state index contributed by atoms with van der Waals surface area (Å²) in [6.45, 7) is 3.80. The highest BCUT2D eigenvalue weighted by atomic mass is 32.2. The molecule has 16 heavy (non-hydrogen) atoms. The third-order valence-corrected chi connectivity index (χ3v) is 4.18. The van der Waals surface area contributed by atoms with E-state index in [2.05, 4.69) is 4.72 Å². The monoisotopic (exact) mass is 240 g/mol. The van der Waals surface area contributed by atoms with Crippen LogP contribution in [0.3, 0.4) is 0 Å². The quantitative estimate of drug-likeness (QED) is 0.770. The molecule has 0 bridgehead atoms. The summed E-state index contributed by atoms with van der Waals surface area (Å²) in [5, 5.41) is 0. The van der Waals surface area contributed by atoms with Gasteiger partial charge >= 0.3 is 0 Å². The van der Waals surface area contributed by atoms with E-state index in [4.69, 9.17) is 0 Å². The van der Waals surface area contributed by atoms with Gasteiger partial charge in [0.25, 0.3) is 10.2 Å². The van der Waals surface area contributed by atoms with Gasteiger partial charge in [-0.15, -0.1) is 0 Å². The van der Waals surface area contributed by atoms with Gasteiger partial charge in [-0.05, 0) is 18.9 Å². The van der Waals surface area contributed by atoms with Crippen molar-refractivity contribution in [2.45, 2.75) is 13.3 Å². The second-order valence-corrected chi connectivity index (χ2v) is 5.79. The minimum Gasteiger partial charge on any atom is -0.202 e. The van der Waals surface area contributed by atoms with Gasteiger partial charge in [0, 0.05) is 19.6 Å². The Balaban J connectivity index is 1.81. The summed E-state index contributed by atoms with van der Waals surface area (Å²) < 4.78 is 26.9. The van der Waals surface area contributed by atoms with E-state index in [-0.39, 0.29) is 0 Å². The van der Waals surface area contributed by atoms with Crippen molar-refractivity contribution in [3.8, 4) is 0 Å². The second-order valence-electron chi connectivity index (χ2n) is 4.03. The van der Waals surface area contributed by atoms with Crippen LogP contribution in [0.4, 0.5) is 0 Å². The topological polar surface area (TPSA) is 49.2 Å². The maximum atomic E-state index is 11.5. The summed E-state index contributed by atoms with van der Waals surface area (Å²) in [5.74, 6) is 0. The van der Waals surface area contributed by atoms with Crippen molar-refractivity contribution >= 4 is 10.2 Å². The van der Waals surface area contributed by atoms with Crippen LogP contribution in [0.15, 0.2) is 24.3 Å². The molecule has 0 unspecified atom stereocenters. The van der Waals surface area contributed by atoms with Gasteiger partial charge in [-0.1, -0.05) is 29.8 Å². The average Bonchev–Trinajstić information content (AvgIpc) is 3.04. The van der Waals surface area contributed by atoms with Crippen molar-refractivity contribution in [3.63, 3.8) is 0 Å². The summed E-state index contributed by atoms with van der Waals surface area (Å²) in [5.41, 5.74) is 2.37. The third-order valence-electron chi connectivity index (χ3n) is 2.56. The van der Waals surface area contributed by atoms with Crippen LogP contribution in [-0.4, -0.2) is 32.4 Å². The normalized spacial score (nSPS) is 16.3. The Hall–Kier alpha value is -0.910. The van der Waals surface area contributed by atoms with E-state index in [0.29, 0.717) is 19.6 Å². The first kappa shape index (κ1) is 11.6. The lowest BCUT2D eigenvalue weighted by atomic mass is 10.1. The number of benzene rings is 1. The van der Waals surface area contributed by atoms with Gasteiger partial charge < -0.3 is 0 Å². The van der Waals surface area contributed by atoms with Crippen LogP contribution in [-0.2, 0) is 16.6 Å². The molecule has 1 saturated heterocycles. The highest BCUT2D eigenvalue weighted by molar-refractivity contribution is 7.87. The van der Waals surface area contributed by atoms with E-state index in [1.807, 2.05) is 31.2 Å². The second kappa shape index (κ2) is 4.53. The molecule has 0 aliphatic carbocycles. The van der Waals surface area contributed by atoms with Gasteiger partial charge in [-0.2, -0.15) is 12.7 Å². The van der Waals surface area contributed by atoms with Crippen LogP contribution >= 0.6 is 0 Å². The first-order chi connectivity index (χ1) is 7.58. The van der Waals surface area contributed by atoms with Gasteiger partial charge in [0.2, 0.25) is 0 Å². The zero-order valence-electron chi connectivity index (χ0n) is 9.31. The van der Waals surface area contributed by atoms with Gasteiger partial charge in [0.15, 0.2) is 0 Å². The van der Waals surface area contributed by atoms with Crippen molar-refractivity contribution in [2.24, 2.45) is 0 Å². The molecule has 1 aromatic carbocycles. The molecule has 1 aromatic rings. The molecule has 88 valence electrons. The molecule has 5 heteroatoms. The van der Waals surface area contributed by atoms with Crippen molar-refractivity contribution in [2.75, 3.05) is 19.6 Å². The molecule has 0 aromatic heterocycles. The Labute approximate surface area is 96.5 Å². The zero-order valence-corrected chi connectivity index (χ0v) is 10.1. The molecule has 1 fully saturated rings. The van der Waals surface area contributed by atoms with E-state index in [9.17, 15) is 8.42 Å². The zero-order chi connectivity index (χ0) is 11.6. The van der Waals surface area contributed by atoms with E-state index in [1.165, 1.54) is 9.87 Å². The molecule has 0 amide bonds. The first-order valence-corrected chi connectivity index (χ1v) is 6.82. The Kier molecular flexibility index (Phi) is 3.28. The molecule has 4 nitrogen and oxygen atoms in total. The summed E-state index contributed by atoms with van der Waals surface area (Å²) >= 11 is 0. The van der Waals surface area contributed by atoms with Crippen molar-refractivity contribution in [3.05, 3.63) is 35.4 Å². The van der Waals surface area contributed by atoms with Crippen LogP contribution < -0.4 is 4.72 Å². The van der Waals surface area contributed by atoms with Crippen molar-refractivity contribution < 1.29 is 8.42 Å². The van der Waals surface area contributed by atoms with Gasteiger partial charge in [0.05, 0.1) is 0 Å². The molecular weight excluding hydrogens is 224 g/mol. The first-order valence-electron chi connectivity index (χ1n) is 5.38. The van der Waals surface area contributed by atoms with Crippen LogP contribution in [0.1, 0.15) is 11.1 Å². The van der Waals surface area contributed by atoms with Crippen molar-refractivity contribution in [1.82, 2.24) is 9.03 Å². The number of nitrogens with one attached hydrogen (secondary N) is 1. The lowest BCUT2D eigenvalue weighted by Crippen LogP contribution is -2.31. The minimum atomic E-state index is -3.18. The molecule has 1 heterocycles. The van der Waals surface area contributed by atoms with E-state index >= 15 is 0 Å².